The summed E-state index contributed by atoms with van der Waals surface area (Å²) in [5.41, 5.74) is 4.69. The molecule has 82 valence electrons. The highest BCUT2D eigenvalue weighted by Crippen LogP contribution is 2.29. The lowest BCUT2D eigenvalue weighted by Gasteiger charge is -2.12. The quantitative estimate of drug-likeness (QED) is 0.825. The molecule has 1 aromatic heterocycles. The zero-order valence-electron chi connectivity index (χ0n) is 9.91. The van der Waals surface area contributed by atoms with E-state index >= 15 is 0 Å². The fourth-order valence-corrected chi connectivity index (χ4v) is 1.99. The van der Waals surface area contributed by atoms with Crippen LogP contribution in [0.4, 0.5) is 5.82 Å². The number of nitrogens with zero attached hydrogens (tertiary/aromatic N) is 1. The lowest BCUT2D eigenvalue weighted by Crippen LogP contribution is -1.99. The molecule has 0 saturated carbocycles. The Morgan fingerprint density at radius 1 is 1.06 bits per heavy atom. The lowest BCUT2D eigenvalue weighted by molar-refractivity contribution is 1.17. The highest BCUT2D eigenvalue weighted by atomic mass is 15.0. The summed E-state index contributed by atoms with van der Waals surface area (Å²) in [5, 5.41) is 3.16. The largest absolute Gasteiger partial charge is 0.373 e. The van der Waals surface area contributed by atoms with Crippen molar-refractivity contribution in [3.8, 4) is 11.1 Å². The maximum Gasteiger partial charge on any atom is 0.134 e. The van der Waals surface area contributed by atoms with Crippen molar-refractivity contribution in [1.82, 2.24) is 4.98 Å². The minimum Gasteiger partial charge on any atom is -0.373 e. The summed E-state index contributed by atoms with van der Waals surface area (Å²) in [5.74, 6) is 0.948. The number of anilines is 1. The van der Waals surface area contributed by atoms with Crippen molar-refractivity contribution in [1.29, 1.82) is 0 Å². The third-order valence-electron chi connectivity index (χ3n) is 2.64. The molecule has 0 amide bonds. The first-order valence-electron chi connectivity index (χ1n) is 5.44. The average molecular weight is 212 g/mol. The summed E-state index contributed by atoms with van der Waals surface area (Å²) < 4.78 is 0. The molecule has 2 aromatic rings. The Kier molecular flexibility index (Phi) is 2.91. The van der Waals surface area contributed by atoms with Crippen molar-refractivity contribution in [2.75, 3.05) is 12.4 Å². The van der Waals surface area contributed by atoms with Gasteiger partial charge in [0.25, 0.3) is 0 Å². The maximum absolute atomic E-state index is 4.52. The molecule has 0 aliphatic heterocycles. The van der Waals surface area contributed by atoms with Gasteiger partial charge >= 0.3 is 0 Å². The normalized spacial score (nSPS) is 10.2. The molecule has 1 aromatic carbocycles. The topological polar surface area (TPSA) is 24.9 Å². The summed E-state index contributed by atoms with van der Waals surface area (Å²) in [7, 11) is 1.91. The van der Waals surface area contributed by atoms with Crippen LogP contribution in [0.5, 0.6) is 0 Å². The maximum atomic E-state index is 4.52. The highest BCUT2D eigenvalue weighted by Gasteiger charge is 2.09. The zero-order valence-corrected chi connectivity index (χ0v) is 9.91. The number of aryl methyl sites for hydroxylation is 2. The smallest absolute Gasteiger partial charge is 0.134 e. The summed E-state index contributed by atoms with van der Waals surface area (Å²) >= 11 is 0. The monoisotopic (exact) mass is 212 g/mol. The highest BCUT2D eigenvalue weighted by molar-refractivity contribution is 5.78. The minimum absolute atomic E-state index is 0.948. The van der Waals surface area contributed by atoms with Crippen molar-refractivity contribution in [3.05, 3.63) is 47.7 Å². The lowest BCUT2D eigenvalue weighted by atomic mass is 10.0. The number of benzene rings is 1. The van der Waals surface area contributed by atoms with Gasteiger partial charge in [0.2, 0.25) is 0 Å². The first-order valence-corrected chi connectivity index (χ1v) is 5.44. The van der Waals surface area contributed by atoms with Crippen LogP contribution < -0.4 is 5.32 Å². The van der Waals surface area contributed by atoms with E-state index in [1.165, 1.54) is 16.7 Å². The Bertz CT molecular complexity index is 490. The first-order chi connectivity index (χ1) is 7.72. The molecule has 2 heteroatoms. The van der Waals surface area contributed by atoms with E-state index in [9.17, 15) is 0 Å². The van der Waals surface area contributed by atoms with E-state index in [-0.39, 0.29) is 0 Å². The molecule has 0 spiro atoms. The molecule has 0 atom stereocenters. The van der Waals surface area contributed by atoms with Gasteiger partial charge in [0.05, 0.1) is 0 Å². The molecular weight excluding hydrogens is 196 g/mol. The van der Waals surface area contributed by atoms with Gasteiger partial charge in [-0.25, -0.2) is 4.98 Å². The molecule has 0 unspecified atom stereocenters. The molecule has 16 heavy (non-hydrogen) atoms. The van der Waals surface area contributed by atoms with Crippen LogP contribution in [0.1, 0.15) is 11.3 Å². The Morgan fingerprint density at radius 2 is 1.75 bits per heavy atom. The summed E-state index contributed by atoms with van der Waals surface area (Å²) in [6.45, 7) is 4.14. The van der Waals surface area contributed by atoms with Crippen LogP contribution in [0.15, 0.2) is 36.4 Å². The molecule has 0 aliphatic rings. The molecule has 0 bridgehead atoms. The standard InChI is InChI=1S/C14H16N2/c1-10-9-11(2)16-14(15-3)13(10)12-7-5-4-6-8-12/h4-9H,1-3H3,(H,15,16). The van der Waals surface area contributed by atoms with E-state index in [1.54, 1.807) is 0 Å². The van der Waals surface area contributed by atoms with Gasteiger partial charge in [0.15, 0.2) is 0 Å². The van der Waals surface area contributed by atoms with Gasteiger partial charge in [0.1, 0.15) is 5.82 Å². The van der Waals surface area contributed by atoms with Crippen LogP contribution in [0.2, 0.25) is 0 Å². The summed E-state index contributed by atoms with van der Waals surface area (Å²) in [4.78, 5) is 4.52. The van der Waals surface area contributed by atoms with Crippen molar-refractivity contribution in [3.63, 3.8) is 0 Å². The Balaban J connectivity index is 2.64. The minimum atomic E-state index is 0.948. The third kappa shape index (κ3) is 1.91. The van der Waals surface area contributed by atoms with Gasteiger partial charge in [0, 0.05) is 18.3 Å². The van der Waals surface area contributed by atoms with Crippen LogP contribution in [0.25, 0.3) is 11.1 Å². The van der Waals surface area contributed by atoms with Gasteiger partial charge in [-0.1, -0.05) is 30.3 Å². The molecule has 2 nitrogen and oxygen atoms in total. The Morgan fingerprint density at radius 3 is 2.38 bits per heavy atom. The van der Waals surface area contributed by atoms with Crippen LogP contribution in [0, 0.1) is 13.8 Å². The second kappa shape index (κ2) is 4.35. The van der Waals surface area contributed by atoms with Crippen LogP contribution in [-0.2, 0) is 0 Å². The van der Waals surface area contributed by atoms with E-state index in [2.05, 4.69) is 35.4 Å². The van der Waals surface area contributed by atoms with Crippen molar-refractivity contribution >= 4 is 5.82 Å². The van der Waals surface area contributed by atoms with Gasteiger partial charge in [-0.2, -0.15) is 0 Å². The Labute approximate surface area is 96.4 Å². The number of nitrogens with one attached hydrogen (secondary N) is 1. The number of aromatic nitrogens is 1. The van der Waals surface area contributed by atoms with E-state index in [0.29, 0.717) is 0 Å². The average Bonchev–Trinajstić information content (AvgIpc) is 2.29. The fraction of sp³-hybridized carbons (Fsp3) is 0.214. The van der Waals surface area contributed by atoms with Gasteiger partial charge < -0.3 is 5.32 Å². The van der Waals surface area contributed by atoms with E-state index in [1.807, 2.05) is 32.2 Å². The van der Waals surface area contributed by atoms with Crippen molar-refractivity contribution < 1.29 is 0 Å². The Hall–Kier alpha value is -1.83. The molecule has 2 rings (SSSR count). The van der Waals surface area contributed by atoms with Crippen molar-refractivity contribution in [2.24, 2.45) is 0 Å². The SMILES string of the molecule is CNc1nc(C)cc(C)c1-c1ccccc1. The van der Waals surface area contributed by atoms with E-state index in [4.69, 9.17) is 0 Å². The summed E-state index contributed by atoms with van der Waals surface area (Å²) in [6.07, 6.45) is 0. The third-order valence-corrected chi connectivity index (χ3v) is 2.64. The molecule has 0 saturated heterocycles. The predicted molar refractivity (Wildman–Crippen MR) is 68.7 cm³/mol. The number of hydrogen-bond acceptors (Lipinski definition) is 2. The predicted octanol–water partition coefficient (Wildman–Crippen LogP) is 3.41. The van der Waals surface area contributed by atoms with Crippen LogP contribution in [-0.4, -0.2) is 12.0 Å². The number of hydrogen-bond donors (Lipinski definition) is 1. The fourth-order valence-electron chi connectivity index (χ4n) is 1.99. The molecule has 0 fully saturated rings. The van der Waals surface area contributed by atoms with Crippen LogP contribution >= 0.6 is 0 Å². The van der Waals surface area contributed by atoms with Gasteiger partial charge in [-0.15, -0.1) is 0 Å². The van der Waals surface area contributed by atoms with Crippen LogP contribution in [0.3, 0.4) is 0 Å². The first kappa shape index (κ1) is 10.7. The van der Waals surface area contributed by atoms with Crippen molar-refractivity contribution in [2.45, 2.75) is 13.8 Å². The molecule has 1 N–H and O–H groups in total. The number of rotatable bonds is 2. The van der Waals surface area contributed by atoms with E-state index in [0.717, 1.165) is 11.5 Å². The molecular formula is C14H16N2. The molecule has 0 aliphatic carbocycles. The molecule has 0 radical (unpaired) electrons. The number of pyridine rings is 1. The van der Waals surface area contributed by atoms with Gasteiger partial charge in [-0.3, -0.25) is 0 Å². The van der Waals surface area contributed by atoms with Gasteiger partial charge in [-0.05, 0) is 31.0 Å². The van der Waals surface area contributed by atoms with E-state index < -0.39 is 0 Å². The zero-order chi connectivity index (χ0) is 11.5. The second-order valence-corrected chi connectivity index (χ2v) is 3.92. The summed E-state index contributed by atoms with van der Waals surface area (Å²) in [6, 6.07) is 12.5. The second-order valence-electron chi connectivity index (χ2n) is 3.92. The molecule has 1 heterocycles.